The second kappa shape index (κ2) is 14.1. The van der Waals surface area contributed by atoms with Crippen molar-refractivity contribution >= 4 is 33.5 Å². The Kier molecular flexibility index (Phi) is 10.0. The molecule has 0 saturated carbocycles. The summed E-state index contributed by atoms with van der Waals surface area (Å²) in [5.74, 6) is 0.997. The molecule has 4 aromatic heterocycles. The molecule has 0 fully saturated rings. The zero-order valence-electron chi connectivity index (χ0n) is 19.9. The molecule has 37 heavy (non-hydrogen) atoms. The lowest BCUT2D eigenvalue weighted by Gasteiger charge is -2.07. The zero-order chi connectivity index (χ0) is 25.7. The van der Waals surface area contributed by atoms with Crippen molar-refractivity contribution in [2.75, 3.05) is 11.5 Å². The van der Waals surface area contributed by atoms with E-state index in [4.69, 9.17) is 9.47 Å². The van der Waals surface area contributed by atoms with Crippen LogP contribution in [0, 0.1) is 0 Å². The van der Waals surface area contributed by atoms with Crippen LogP contribution >= 0.6 is 21.6 Å². The molecule has 4 aromatic rings. The van der Waals surface area contributed by atoms with Crippen LogP contribution in [0.3, 0.4) is 0 Å². The lowest BCUT2D eigenvalue weighted by Crippen LogP contribution is -2.09. The van der Waals surface area contributed by atoms with Crippen molar-refractivity contribution in [1.82, 2.24) is 19.9 Å². The average Bonchev–Trinajstić information content (AvgIpc) is 2.95. The highest BCUT2D eigenvalue weighted by atomic mass is 33.1. The molecule has 188 valence electrons. The molecule has 0 radical (unpaired) electrons. The Morgan fingerprint density at radius 1 is 0.649 bits per heavy atom. The second-order valence-corrected chi connectivity index (χ2v) is 10.3. The van der Waals surface area contributed by atoms with Gasteiger partial charge in [-0.05, 0) is 48.0 Å². The SMILES string of the molecule is O=C(CCSSCCC(=O)Oc1ccnc(-c2ccccn2)c1)OCc1ccnc(-c2ccccn2)c1. The van der Waals surface area contributed by atoms with E-state index in [2.05, 4.69) is 19.9 Å². The van der Waals surface area contributed by atoms with Gasteiger partial charge in [0.05, 0.1) is 35.6 Å². The van der Waals surface area contributed by atoms with E-state index < -0.39 is 0 Å². The number of pyridine rings is 4. The normalized spacial score (nSPS) is 10.6. The van der Waals surface area contributed by atoms with Crippen LogP contribution in [0.15, 0.2) is 85.5 Å². The molecule has 0 atom stereocenters. The minimum Gasteiger partial charge on any atom is -0.461 e. The molecule has 0 aliphatic carbocycles. The second-order valence-electron chi connectivity index (χ2n) is 7.63. The monoisotopic (exact) mass is 532 g/mol. The fraction of sp³-hybridized carbons (Fsp3) is 0.185. The first-order chi connectivity index (χ1) is 18.2. The van der Waals surface area contributed by atoms with Gasteiger partial charge in [-0.3, -0.25) is 29.5 Å². The van der Waals surface area contributed by atoms with Crippen molar-refractivity contribution in [1.29, 1.82) is 0 Å². The molecular weight excluding hydrogens is 508 g/mol. The number of rotatable bonds is 12. The van der Waals surface area contributed by atoms with E-state index in [0.717, 1.165) is 17.0 Å². The maximum absolute atomic E-state index is 12.2. The molecule has 0 N–H and O–H groups in total. The molecule has 8 nitrogen and oxygen atoms in total. The number of ether oxygens (including phenoxy) is 2. The van der Waals surface area contributed by atoms with Crippen LogP contribution < -0.4 is 4.74 Å². The highest BCUT2D eigenvalue weighted by Crippen LogP contribution is 2.24. The summed E-state index contributed by atoms with van der Waals surface area (Å²) in [7, 11) is 3.04. The molecule has 0 aromatic carbocycles. The summed E-state index contributed by atoms with van der Waals surface area (Å²) < 4.78 is 10.8. The van der Waals surface area contributed by atoms with Crippen molar-refractivity contribution in [2.24, 2.45) is 0 Å². The van der Waals surface area contributed by atoms with Gasteiger partial charge in [0.2, 0.25) is 0 Å². The number of hydrogen-bond acceptors (Lipinski definition) is 10. The van der Waals surface area contributed by atoms with Gasteiger partial charge < -0.3 is 9.47 Å². The summed E-state index contributed by atoms with van der Waals surface area (Å²) in [4.78, 5) is 41.4. The minimum absolute atomic E-state index is 0.182. The molecular formula is C27H24N4O4S2. The Morgan fingerprint density at radius 2 is 1.24 bits per heavy atom. The summed E-state index contributed by atoms with van der Waals surface area (Å²) in [5, 5.41) is 0. The van der Waals surface area contributed by atoms with Gasteiger partial charge in [0.15, 0.2) is 0 Å². The fourth-order valence-electron chi connectivity index (χ4n) is 3.13. The van der Waals surface area contributed by atoms with Gasteiger partial charge in [-0.1, -0.05) is 33.7 Å². The topological polar surface area (TPSA) is 104 Å². The standard InChI is InChI=1S/C27H24N4O4S2/c32-26(34-19-20-7-13-30-24(17-20)22-5-1-3-11-28-22)9-15-36-37-16-10-27(33)35-21-8-14-31-25(18-21)23-6-2-4-12-29-23/h1-8,11-14,17-18H,9-10,15-16,19H2. The van der Waals surface area contributed by atoms with Gasteiger partial charge in [0.1, 0.15) is 12.4 Å². The first kappa shape index (κ1) is 26.3. The summed E-state index contributed by atoms with van der Waals surface area (Å²) in [6.07, 6.45) is 7.20. The molecule has 0 aliphatic heterocycles. The van der Waals surface area contributed by atoms with E-state index in [0.29, 0.717) is 28.6 Å². The summed E-state index contributed by atoms with van der Waals surface area (Å²) >= 11 is 0. The minimum atomic E-state index is -0.326. The number of carbonyl (C=O) groups is 2. The number of aromatic nitrogens is 4. The van der Waals surface area contributed by atoms with Gasteiger partial charge in [-0.25, -0.2) is 0 Å². The number of esters is 2. The van der Waals surface area contributed by atoms with Gasteiger partial charge in [0, 0.05) is 42.4 Å². The molecule has 10 heteroatoms. The van der Waals surface area contributed by atoms with E-state index in [1.807, 2.05) is 48.5 Å². The summed E-state index contributed by atoms with van der Waals surface area (Å²) in [5.41, 5.74) is 3.70. The lowest BCUT2D eigenvalue weighted by atomic mass is 10.2. The Labute approximate surface area is 222 Å². The highest BCUT2D eigenvalue weighted by molar-refractivity contribution is 8.76. The molecule has 0 bridgehead atoms. The van der Waals surface area contributed by atoms with E-state index in [-0.39, 0.29) is 31.4 Å². The molecule has 0 aliphatic rings. The van der Waals surface area contributed by atoms with Crippen molar-refractivity contribution in [2.45, 2.75) is 19.4 Å². The Bertz CT molecular complexity index is 1310. The third-order valence-electron chi connectivity index (χ3n) is 4.90. The molecule has 0 unspecified atom stereocenters. The molecule has 0 saturated heterocycles. The first-order valence-corrected chi connectivity index (χ1v) is 14.0. The van der Waals surface area contributed by atoms with Gasteiger partial charge in [-0.15, -0.1) is 0 Å². The van der Waals surface area contributed by atoms with Crippen molar-refractivity contribution in [3.8, 4) is 28.5 Å². The Morgan fingerprint density at radius 3 is 1.89 bits per heavy atom. The van der Waals surface area contributed by atoms with E-state index in [1.54, 1.807) is 36.9 Å². The molecule has 4 rings (SSSR count). The maximum atomic E-state index is 12.2. The van der Waals surface area contributed by atoms with Crippen LogP contribution in [0.4, 0.5) is 0 Å². The van der Waals surface area contributed by atoms with E-state index in [9.17, 15) is 9.59 Å². The van der Waals surface area contributed by atoms with Crippen molar-refractivity contribution < 1.29 is 19.1 Å². The van der Waals surface area contributed by atoms with Crippen LogP contribution in [-0.4, -0.2) is 43.4 Å². The smallest absolute Gasteiger partial charge is 0.312 e. The first-order valence-electron chi connectivity index (χ1n) is 11.5. The average molecular weight is 533 g/mol. The predicted octanol–water partition coefficient (Wildman–Crippen LogP) is 5.41. The summed E-state index contributed by atoms with van der Waals surface area (Å²) in [6.45, 7) is 0.182. The van der Waals surface area contributed by atoms with Crippen LogP contribution in [0.25, 0.3) is 22.8 Å². The highest BCUT2D eigenvalue weighted by Gasteiger charge is 2.09. The van der Waals surface area contributed by atoms with Crippen LogP contribution in [0.1, 0.15) is 18.4 Å². The Hall–Kier alpha value is -3.76. The third-order valence-corrected chi connectivity index (χ3v) is 7.31. The Balaban J connectivity index is 1.10. The molecule has 0 spiro atoms. The zero-order valence-corrected chi connectivity index (χ0v) is 21.5. The molecule has 0 amide bonds. The number of hydrogen-bond donors (Lipinski definition) is 0. The fourth-order valence-corrected chi connectivity index (χ4v) is 5.08. The van der Waals surface area contributed by atoms with Gasteiger partial charge >= 0.3 is 11.9 Å². The predicted molar refractivity (Wildman–Crippen MR) is 145 cm³/mol. The largest absolute Gasteiger partial charge is 0.461 e. The third kappa shape index (κ3) is 8.69. The maximum Gasteiger partial charge on any atom is 0.312 e. The van der Waals surface area contributed by atoms with Crippen molar-refractivity contribution in [3.05, 3.63) is 91.0 Å². The number of nitrogens with zero attached hydrogens (tertiary/aromatic N) is 4. The van der Waals surface area contributed by atoms with E-state index >= 15 is 0 Å². The lowest BCUT2D eigenvalue weighted by molar-refractivity contribution is -0.144. The van der Waals surface area contributed by atoms with Crippen molar-refractivity contribution in [3.63, 3.8) is 0 Å². The quantitative estimate of drug-likeness (QED) is 0.134. The number of carbonyl (C=O) groups excluding carboxylic acids is 2. The van der Waals surface area contributed by atoms with Gasteiger partial charge in [0.25, 0.3) is 0 Å². The van der Waals surface area contributed by atoms with E-state index in [1.165, 1.54) is 21.6 Å². The van der Waals surface area contributed by atoms with Crippen LogP contribution in [0.2, 0.25) is 0 Å². The summed E-state index contributed by atoms with van der Waals surface area (Å²) in [6, 6.07) is 18.2. The van der Waals surface area contributed by atoms with Crippen LogP contribution in [0.5, 0.6) is 5.75 Å². The van der Waals surface area contributed by atoms with Gasteiger partial charge in [-0.2, -0.15) is 0 Å². The van der Waals surface area contributed by atoms with Crippen LogP contribution in [-0.2, 0) is 20.9 Å². The molecule has 4 heterocycles.